The molecular weight excluding hydrogens is 166 g/mol. The van der Waals surface area contributed by atoms with Crippen molar-refractivity contribution in [3.8, 4) is 0 Å². The summed E-state index contributed by atoms with van der Waals surface area (Å²) >= 11 is 0. The van der Waals surface area contributed by atoms with E-state index in [2.05, 4.69) is 41.8 Å². The fourth-order valence-corrected chi connectivity index (χ4v) is 2.71. The monoisotopic (exact) mass is 177 g/mol. The lowest BCUT2D eigenvalue weighted by Crippen LogP contribution is -1.99. The molecule has 0 saturated carbocycles. The smallest absolute Gasteiger partial charge is 0.0386 e. The zero-order valence-electron chi connectivity index (χ0n) is 6.73. The van der Waals surface area contributed by atoms with Gasteiger partial charge in [0.2, 0.25) is 0 Å². The third-order valence-electron chi connectivity index (χ3n) is 1.90. The van der Waals surface area contributed by atoms with Gasteiger partial charge in [0.1, 0.15) is 0 Å². The molecule has 0 amide bonds. The number of hydrogen-bond donors (Lipinski definition) is 1. The Kier molecular flexibility index (Phi) is 2.11. The van der Waals surface area contributed by atoms with E-state index in [1.807, 2.05) is 0 Å². The van der Waals surface area contributed by atoms with Gasteiger partial charge in [0.05, 0.1) is 0 Å². The molecule has 1 atom stereocenters. The average Bonchev–Trinajstić information content (AvgIpc) is 2.17. The number of hydrogen-bond acceptors (Lipinski definition) is 1. The standard InChI is InChI=1S/C10H11NS/c11-8-12-7-3-5-9-4-1-2-6-10(9)12/h1-7H,8,11H2. The van der Waals surface area contributed by atoms with Crippen LogP contribution in [0.3, 0.4) is 0 Å². The van der Waals surface area contributed by atoms with E-state index in [1.54, 1.807) is 0 Å². The lowest BCUT2D eigenvalue weighted by Gasteiger charge is -2.12. The molecule has 2 N–H and O–H groups in total. The van der Waals surface area contributed by atoms with E-state index < -0.39 is 0 Å². The Hall–Kier alpha value is -0.860. The molecule has 12 heavy (non-hydrogen) atoms. The fourth-order valence-electron chi connectivity index (χ4n) is 1.31. The number of rotatable bonds is 1. The van der Waals surface area contributed by atoms with Crippen LogP contribution in [0.15, 0.2) is 35.2 Å². The Morgan fingerprint density at radius 2 is 2.08 bits per heavy atom. The van der Waals surface area contributed by atoms with Crippen LogP contribution in [0.5, 0.6) is 0 Å². The Balaban J connectivity index is 2.57. The molecule has 0 spiro atoms. The molecule has 1 aromatic carbocycles. The lowest BCUT2D eigenvalue weighted by molar-refractivity contribution is 1.35. The first-order valence-electron chi connectivity index (χ1n) is 3.92. The van der Waals surface area contributed by atoms with E-state index in [1.165, 1.54) is 10.5 Å². The Bertz CT molecular complexity index is 353. The summed E-state index contributed by atoms with van der Waals surface area (Å²) in [4.78, 5) is 1.38. The minimum atomic E-state index is 0.139. The van der Waals surface area contributed by atoms with Crippen molar-refractivity contribution in [1.82, 2.24) is 0 Å². The van der Waals surface area contributed by atoms with Gasteiger partial charge in [0.25, 0.3) is 0 Å². The Labute approximate surface area is 74.8 Å². The number of allylic oxidation sites excluding steroid dienone is 1. The minimum absolute atomic E-state index is 0.139. The third-order valence-corrected chi connectivity index (χ3v) is 3.68. The zero-order chi connectivity index (χ0) is 8.39. The van der Waals surface area contributed by atoms with E-state index in [9.17, 15) is 0 Å². The summed E-state index contributed by atoms with van der Waals surface area (Å²) in [6.07, 6.45) is 4.23. The maximum Gasteiger partial charge on any atom is 0.0386 e. The molecule has 0 bridgehead atoms. The van der Waals surface area contributed by atoms with Crippen LogP contribution in [-0.4, -0.2) is 11.2 Å². The van der Waals surface area contributed by atoms with Crippen LogP contribution >= 0.6 is 10.5 Å². The normalized spacial score (nSPS) is 19.9. The predicted molar refractivity (Wildman–Crippen MR) is 56.5 cm³/mol. The second-order valence-corrected chi connectivity index (χ2v) is 4.53. The average molecular weight is 177 g/mol. The molecule has 0 aliphatic carbocycles. The maximum atomic E-state index is 5.67. The Morgan fingerprint density at radius 1 is 1.25 bits per heavy atom. The number of nitrogens with two attached hydrogens (primary N) is 1. The number of benzene rings is 1. The molecule has 1 heterocycles. The van der Waals surface area contributed by atoms with Crippen molar-refractivity contribution in [1.29, 1.82) is 0 Å². The molecule has 1 nitrogen and oxygen atoms in total. The minimum Gasteiger partial charge on any atom is -0.322 e. The highest BCUT2D eigenvalue weighted by atomic mass is 32.2. The van der Waals surface area contributed by atoms with Gasteiger partial charge in [-0.25, -0.2) is 0 Å². The molecule has 0 saturated heterocycles. The van der Waals surface area contributed by atoms with Gasteiger partial charge in [-0.1, -0.05) is 30.4 Å². The van der Waals surface area contributed by atoms with Gasteiger partial charge in [-0.05, 0) is 17.0 Å². The SMILES string of the molecule is NCS1=CC=Cc2ccccc21. The van der Waals surface area contributed by atoms with Crippen LogP contribution < -0.4 is 5.73 Å². The largest absolute Gasteiger partial charge is 0.322 e. The summed E-state index contributed by atoms with van der Waals surface area (Å²) in [5.74, 6) is 0.724. The third kappa shape index (κ3) is 1.24. The van der Waals surface area contributed by atoms with Crippen molar-refractivity contribution in [2.75, 3.05) is 5.88 Å². The summed E-state index contributed by atoms with van der Waals surface area (Å²) < 4.78 is 0. The van der Waals surface area contributed by atoms with Gasteiger partial charge < -0.3 is 5.73 Å². The van der Waals surface area contributed by atoms with Gasteiger partial charge in [0, 0.05) is 10.8 Å². The molecule has 1 aromatic rings. The highest BCUT2D eigenvalue weighted by Crippen LogP contribution is 2.31. The highest BCUT2D eigenvalue weighted by Gasteiger charge is 2.04. The van der Waals surface area contributed by atoms with E-state index in [-0.39, 0.29) is 10.5 Å². The van der Waals surface area contributed by atoms with Crippen molar-refractivity contribution < 1.29 is 0 Å². The van der Waals surface area contributed by atoms with Crippen molar-refractivity contribution in [2.24, 2.45) is 5.73 Å². The fraction of sp³-hybridized carbons (Fsp3) is 0.100. The van der Waals surface area contributed by atoms with Gasteiger partial charge in [-0.3, -0.25) is 0 Å². The van der Waals surface area contributed by atoms with Crippen LogP contribution in [0.4, 0.5) is 0 Å². The van der Waals surface area contributed by atoms with Crippen molar-refractivity contribution >= 4 is 21.9 Å². The van der Waals surface area contributed by atoms with Gasteiger partial charge in [-0.15, -0.1) is 10.5 Å². The van der Waals surface area contributed by atoms with E-state index in [0.717, 1.165) is 5.88 Å². The highest BCUT2D eigenvalue weighted by molar-refractivity contribution is 8.15. The summed E-state index contributed by atoms with van der Waals surface area (Å²) in [5, 5.41) is 2.18. The van der Waals surface area contributed by atoms with Gasteiger partial charge >= 0.3 is 0 Å². The molecular formula is C10H11NS. The molecule has 0 aromatic heterocycles. The first kappa shape index (κ1) is 7.77. The summed E-state index contributed by atoms with van der Waals surface area (Å²) in [7, 11) is 0.139. The lowest BCUT2D eigenvalue weighted by atomic mass is 10.2. The van der Waals surface area contributed by atoms with E-state index >= 15 is 0 Å². The van der Waals surface area contributed by atoms with Crippen LogP contribution in [0.1, 0.15) is 5.56 Å². The van der Waals surface area contributed by atoms with Crippen molar-refractivity contribution in [3.63, 3.8) is 0 Å². The molecule has 2 heteroatoms. The van der Waals surface area contributed by atoms with Crippen molar-refractivity contribution in [2.45, 2.75) is 4.90 Å². The summed E-state index contributed by atoms with van der Waals surface area (Å²) in [5.41, 5.74) is 6.98. The van der Waals surface area contributed by atoms with Crippen LogP contribution in [0, 0.1) is 0 Å². The molecule has 1 aliphatic rings. The zero-order valence-corrected chi connectivity index (χ0v) is 7.55. The summed E-state index contributed by atoms with van der Waals surface area (Å²) in [6.45, 7) is 0. The van der Waals surface area contributed by atoms with E-state index in [0.29, 0.717) is 0 Å². The predicted octanol–water partition coefficient (Wildman–Crippen LogP) is 2.06. The molecule has 1 unspecified atom stereocenters. The van der Waals surface area contributed by atoms with Gasteiger partial charge in [0.15, 0.2) is 0 Å². The quantitative estimate of drug-likeness (QED) is 0.653. The number of fused-ring (bicyclic) bond motifs is 1. The van der Waals surface area contributed by atoms with E-state index in [4.69, 9.17) is 5.73 Å². The Morgan fingerprint density at radius 3 is 2.92 bits per heavy atom. The first-order valence-corrected chi connectivity index (χ1v) is 5.38. The molecule has 62 valence electrons. The van der Waals surface area contributed by atoms with Crippen LogP contribution in [0.2, 0.25) is 0 Å². The molecule has 0 fully saturated rings. The first-order chi connectivity index (χ1) is 5.92. The summed E-state index contributed by atoms with van der Waals surface area (Å²) in [6, 6.07) is 8.42. The molecule has 2 rings (SSSR count). The molecule has 1 aliphatic heterocycles. The second-order valence-electron chi connectivity index (χ2n) is 2.63. The topological polar surface area (TPSA) is 26.0 Å². The van der Waals surface area contributed by atoms with Crippen LogP contribution in [0.25, 0.3) is 6.08 Å². The second kappa shape index (κ2) is 3.25. The van der Waals surface area contributed by atoms with Crippen molar-refractivity contribution in [3.05, 3.63) is 35.9 Å². The molecule has 0 radical (unpaired) electrons. The van der Waals surface area contributed by atoms with Gasteiger partial charge in [-0.2, -0.15) is 0 Å². The maximum absolute atomic E-state index is 5.67. The van der Waals surface area contributed by atoms with Crippen LogP contribution in [-0.2, 0) is 0 Å².